The molecule has 166 valence electrons. The molecule has 0 aromatic carbocycles. The first-order valence-corrected chi connectivity index (χ1v) is 10.9. The number of hydrogen-bond donors (Lipinski definition) is 0. The van der Waals surface area contributed by atoms with Crippen LogP contribution in [0.5, 0.6) is 0 Å². The topological polar surface area (TPSA) is 76.1 Å². The summed E-state index contributed by atoms with van der Waals surface area (Å²) in [6, 6.07) is 4.89. The Bertz CT molecular complexity index is 1230. The number of hydrogen-bond acceptors (Lipinski definition) is 5. The molecular weight excluding hydrogens is 448 g/mol. The second kappa shape index (κ2) is 8.38. The number of anilines is 1. The zero-order chi connectivity index (χ0) is 23.0. The highest BCUT2D eigenvalue weighted by Gasteiger charge is 2.36. The van der Waals surface area contributed by atoms with E-state index in [4.69, 9.17) is 0 Å². The summed E-state index contributed by atoms with van der Waals surface area (Å²) in [4.78, 5) is 26.4. The van der Waals surface area contributed by atoms with E-state index in [1.165, 1.54) is 30.6 Å². The van der Waals surface area contributed by atoms with Crippen LogP contribution in [0.2, 0.25) is 0 Å². The Hall–Kier alpha value is -3.21. The van der Waals surface area contributed by atoms with Gasteiger partial charge in [0.25, 0.3) is 5.91 Å². The molecule has 3 aromatic rings. The molecule has 6 nitrogen and oxygen atoms in total. The SMILES string of the molecule is CCS(=O)c1cc(-c2ncccc2F)cnc1C(=O)N1CCc2ncc(C(F)(F)F)cc21. The molecule has 3 aromatic heterocycles. The predicted octanol–water partition coefficient (Wildman–Crippen LogP) is 4.03. The number of aromatic nitrogens is 3. The molecule has 0 fully saturated rings. The Balaban J connectivity index is 1.77. The van der Waals surface area contributed by atoms with Crippen LogP contribution < -0.4 is 4.90 Å². The molecule has 32 heavy (non-hydrogen) atoms. The van der Waals surface area contributed by atoms with E-state index in [1.807, 2.05) is 0 Å². The van der Waals surface area contributed by atoms with Crippen LogP contribution in [0.3, 0.4) is 0 Å². The molecule has 0 aliphatic carbocycles. The minimum absolute atomic E-state index is 0.0149. The van der Waals surface area contributed by atoms with Crippen molar-refractivity contribution in [2.75, 3.05) is 17.2 Å². The fourth-order valence-corrected chi connectivity index (χ4v) is 4.33. The summed E-state index contributed by atoms with van der Waals surface area (Å²) in [7, 11) is -1.65. The molecule has 1 amide bonds. The number of rotatable bonds is 4. The summed E-state index contributed by atoms with van der Waals surface area (Å²) in [5.41, 5.74) is -0.521. The summed E-state index contributed by atoms with van der Waals surface area (Å²) < 4.78 is 66.2. The van der Waals surface area contributed by atoms with E-state index in [-0.39, 0.29) is 46.3 Å². The molecular formula is C21H16F4N4O2S. The van der Waals surface area contributed by atoms with Gasteiger partial charge in [-0.3, -0.25) is 19.0 Å². The summed E-state index contributed by atoms with van der Waals surface area (Å²) in [6.07, 6.45) is -0.973. The molecule has 4 heterocycles. The Labute approximate surface area is 182 Å². The van der Waals surface area contributed by atoms with Gasteiger partial charge in [0.15, 0.2) is 0 Å². The average molecular weight is 464 g/mol. The van der Waals surface area contributed by atoms with Crippen LogP contribution in [0.1, 0.15) is 28.7 Å². The van der Waals surface area contributed by atoms with E-state index >= 15 is 0 Å². The Morgan fingerprint density at radius 1 is 1.19 bits per heavy atom. The lowest BCUT2D eigenvalue weighted by Crippen LogP contribution is -2.31. The lowest BCUT2D eigenvalue weighted by Gasteiger charge is -2.19. The lowest BCUT2D eigenvalue weighted by molar-refractivity contribution is -0.137. The maximum Gasteiger partial charge on any atom is 0.417 e. The number of halogens is 4. The van der Waals surface area contributed by atoms with Gasteiger partial charge in [0, 0.05) is 42.9 Å². The molecule has 0 saturated carbocycles. The van der Waals surface area contributed by atoms with Gasteiger partial charge in [0.2, 0.25) is 0 Å². The minimum Gasteiger partial charge on any atom is -0.305 e. The third-order valence-corrected chi connectivity index (χ3v) is 6.30. The van der Waals surface area contributed by atoms with Crippen LogP contribution in [0.25, 0.3) is 11.3 Å². The highest BCUT2D eigenvalue weighted by Crippen LogP contribution is 2.36. The van der Waals surface area contributed by atoms with E-state index in [0.717, 1.165) is 17.2 Å². The van der Waals surface area contributed by atoms with E-state index < -0.39 is 34.3 Å². The van der Waals surface area contributed by atoms with Gasteiger partial charge in [-0.15, -0.1) is 0 Å². The standard InChI is InChI=1S/C21H16F4N4O2S/c1-2-32(31)17-8-12(18-14(22)4-3-6-26-18)10-28-19(17)20(30)29-7-5-15-16(29)9-13(11-27-15)21(23,24)25/h3-4,6,8-11H,2,5,7H2,1H3. The minimum atomic E-state index is -4.61. The second-order valence-corrected chi connectivity index (χ2v) is 8.64. The van der Waals surface area contributed by atoms with Crippen LogP contribution in [-0.4, -0.2) is 37.4 Å². The van der Waals surface area contributed by atoms with Gasteiger partial charge >= 0.3 is 6.18 Å². The molecule has 1 unspecified atom stereocenters. The van der Waals surface area contributed by atoms with Gasteiger partial charge in [-0.05, 0) is 24.3 Å². The van der Waals surface area contributed by atoms with E-state index in [1.54, 1.807) is 6.92 Å². The molecule has 0 spiro atoms. The summed E-state index contributed by atoms with van der Waals surface area (Å²) in [5.74, 6) is -1.15. The number of pyridine rings is 3. The summed E-state index contributed by atoms with van der Waals surface area (Å²) >= 11 is 0. The molecule has 0 radical (unpaired) electrons. The summed E-state index contributed by atoms with van der Waals surface area (Å²) in [5, 5.41) is 0. The van der Waals surface area contributed by atoms with Crippen molar-refractivity contribution in [3.63, 3.8) is 0 Å². The van der Waals surface area contributed by atoms with Crippen LogP contribution in [0, 0.1) is 5.82 Å². The number of nitrogens with zero attached hydrogens (tertiary/aromatic N) is 4. The highest BCUT2D eigenvalue weighted by molar-refractivity contribution is 7.85. The quantitative estimate of drug-likeness (QED) is 0.545. The number of amides is 1. The third-order valence-electron chi connectivity index (χ3n) is 4.98. The molecule has 11 heteroatoms. The van der Waals surface area contributed by atoms with E-state index in [9.17, 15) is 26.6 Å². The first-order chi connectivity index (χ1) is 15.2. The Kier molecular flexibility index (Phi) is 5.76. The van der Waals surface area contributed by atoms with Crippen molar-refractivity contribution >= 4 is 22.4 Å². The number of alkyl halides is 3. The van der Waals surface area contributed by atoms with Crippen molar-refractivity contribution < 1.29 is 26.6 Å². The van der Waals surface area contributed by atoms with Gasteiger partial charge in [0.05, 0.1) is 32.6 Å². The lowest BCUT2D eigenvalue weighted by atomic mass is 10.1. The fourth-order valence-electron chi connectivity index (χ4n) is 3.40. The molecule has 4 rings (SSSR count). The van der Waals surface area contributed by atoms with Gasteiger partial charge in [0.1, 0.15) is 17.2 Å². The predicted molar refractivity (Wildman–Crippen MR) is 109 cm³/mol. The molecule has 1 aliphatic heterocycles. The normalized spacial score (nSPS) is 14.3. The zero-order valence-corrected chi connectivity index (χ0v) is 17.5. The smallest absolute Gasteiger partial charge is 0.305 e. The van der Waals surface area contributed by atoms with Crippen molar-refractivity contribution in [1.82, 2.24) is 15.0 Å². The van der Waals surface area contributed by atoms with E-state index in [0.29, 0.717) is 5.69 Å². The third kappa shape index (κ3) is 3.99. The molecule has 0 saturated heterocycles. The largest absolute Gasteiger partial charge is 0.417 e. The van der Waals surface area contributed by atoms with Crippen LogP contribution in [-0.2, 0) is 23.4 Å². The van der Waals surface area contributed by atoms with Crippen molar-refractivity contribution in [2.24, 2.45) is 0 Å². The number of fused-ring (bicyclic) bond motifs is 1. The second-order valence-electron chi connectivity index (χ2n) is 6.93. The first kappa shape index (κ1) is 22.0. The molecule has 0 bridgehead atoms. The summed E-state index contributed by atoms with van der Waals surface area (Å²) in [6.45, 7) is 1.75. The van der Waals surface area contributed by atoms with E-state index in [2.05, 4.69) is 15.0 Å². The maximum absolute atomic E-state index is 14.2. The van der Waals surface area contributed by atoms with Crippen molar-refractivity contribution in [3.8, 4) is 11.3 Å². The number of carbonyl (C=O) groups excluding carboxylic acids is 1. The van der Waals surface area contributed by atoms with Gasteiger partial charge in [-0.2, -0.15) is 13.2 Å². The van der Waals surface area contributed by atoms with Crippen LogP contribution in [0.4, 0.5) is 23.2 Å². The van der Waals surface area contributed by atoms with Crippen LogP contribution >= 0.6 is 0 Å². The zero-order valence-electron chi connectivity index (χ0n) is 16.7. The van der Waals surface area contributed by atoms with Gasteiger partial charge in [-0.1, -0.05) is 6.92 Å². The Morgan fingerprint density at radius 3 is 2.66 bits per heavy atom. The average Bonchev–Trinajstić information content (AvgIpc) is 3.21. The van der Waals surface area contributed by atoms with Gasteiger partial charge < -0.3 is 4.90 Å². The highest BCUT2D eigenvalue weighted by atomic mass is 32.2. The Morgan fingerprint density at radius 2 is 1.97 bits per heavy atom. The fraction of sp³-hybridized carbons (Fsp3) is 0.238. The molecule has 1 atom stereocenters. The van der Waals surface area contributed by atoms with Gasteiger partial charge in [-0.25, -0.2) is 9.37 Å². The van der Waals surface area contributed by atoms with Crippen molar-refractivity contribution in [1.29, 1.82) is 0 Å². The van der Waals surface area contributed by atoms with Crippen molar-refractivity contribution in [3.05, 3.63) is 65.6 Å². The number of carbonyl (C=O) groups is 1. The molecule has 1 aliphatic rings. The monoisotopic (exact) mass is 464 g/mol. The van der Waals surface area contributed by atoms with Crippen LogP contribution in [0.15, 0.2) is 47.8 Å². The molecule has 0 N–H and O–H groups in total. The van der Waals surface area contributed by atoms with Crippen molar-refractivity contribution in [2.45, 2.75) is 24.4 Å². The first-order valence-electron chi connectivity index (χ1n) is 9.58. The maximum atomic E-state index is 14.2.